The van der Waals surface area contributed by atoms with E-state index in [4.69, 9.17) is 4.98 Å². The van der Waals surface area contributed by atoms with Gasteiger partial charge >= 0.3 is 0 Å². The van der Waals surface area contributed by atoms with Crippen molar-refractivity contribution in [2.75, 3.05) is 0 Å². The molecule has 3 aromatic rings. The number of pyridine rings is 1. The summed E-state index contributed by atoms with van der Waals surface area (Å²) in [5.41, 5.74) is 4.69. The van der Waals surface area contributed by atoms with E-state index in [2.05, 4.69) is 54.6 Å². The molecule has 1 aromatic carbocycles. The maximum Gasteiger partial charge on any atom is 0.140 e. The third kappa shape index (κ3) is 2.09. The summed E-state index contributed by atoms with van der Waals surface area (Å²) < 4.78 is 2.09. The van der Waals surface area contributed by atoms with Crippen LogP contribution >= 0.6 is 0 Å². The largest absolute Gasteiger partial charge is 0.326 e. The van der Waals surface area contributed by atoms with Gasteiger partial charge in [-0.15, -0.1) is 0 Å². The third-order valence-corrected chi connectivity index (χ3v) is 3.69. The summed E-state index contributed by atoms with van der Waals surface area (Å²) in [6.45, 7) is 6.67. The van der Waals surface area contributed by atoms with E-state index in [0.717, 1.165) is 22.4 Å². The quantitative estimate of drug-likeness (QED) is 0.667. The molecule has 0 aliphatic rings. The minimum absolute atomic E-state index is 0.175. The van der Waals surface area contributed by atoms with Crippen LogP contribution in [0.2, 0.25) is 0 Å². The summed E-state index contributed by atoms with van der Waals surface area (Å²) in [6.07, 6.45) is 3.64. The van der Waals surface area contributed by atoms with Gasteiger partial charge in [-0.05, 0) is 17.0 Å². The molecule has 20 heavy (non-hydrogen) atoms. The molecule has 0 saturated heterocycles. The smallest absolute Gasteiger partial charge is 0.140 e. The Morgan fingerprint density at radius 3 is 2.30 bits per heavy atom. The fraction of sp³-hybridized carbons (Fsp3) is 0.294. The number of hydrogen-bond donors (Lipinski definition) is 0. The first-order valence-corrected chi connectivity index (χ1v) is 6.84. The van der Waals surface area contributed by atoms with Gasteiger partial charge in [-0.2, -0.15) is 0 Å². The van der Waals surface area contributed by atoms with Gasteiger partial charge in [-0.25, -0.2) is 4.98 Å². The first-order valence-electron chi connectivity index (χ1n) is 6.84. The number of aryl methyl sites for hydroxylation is 1. The van der Waals surface area contributed by atoms with Crippen molar-refractivity contribution in [3.8, 4) is 11.4 Å². The second kappa shape index (κ2) is 4.44. The Bertz CT molecular complexity index is 746. The Morgan fingerprint density at radius 2 is 1.70 bits per heavy atom. The monoisotopic (exact) mass is 265 g/mol. The summed E-state index contributed by atoms with van der Waals surface area (Å²) >= 11 is 0. The summed E-state index contributed by atoms with van der Waals surface area (Å²) in [7, 11) is 2.03. The van der Waals surface area contributed by atoms with E-state index in [1.54, 1.807) is 6.20 Å². The molecule has 0 radical (unpaired) electrons. The highest BCUT2D eigenvalue weighted by Crippen LogP contribution is 2.27. The van der Waals surface area contributed by atoms with Gasteiger partial charge in [0.05, 0.1) is 17.2 Å². The maximum absolute atomic E-state index is 4.70. The van der Waals surface area contributed by atoms with Gasteiger partial charge in [0.2, 0.25) is 0 Å². The zero-order valence-electron chi connectivity index (χ0n) is 12.4. The van der Waals surface area contributed by atoms with Crippen molar-refractivity contribution in [2.24, 2.45) is 7.05 Å². The molecule has 0 amide bonds. The molecule has 0 saturated carbocycles. The molecule has 2 heterocycles. The van der Waals surface area contributed by atoms with Crippen molar-refractivity contribution in [1.29, 1.82) is 0 Å². The van der Waals surface area contributed by atoms with E-state index in [9.17, 15) is 0 Å². The number of imidazole rings is 1. The minimum Gasteiger partial charge on any atom is -0.326 e. The van der Waals surface area contributed by atoms with E-state index < -0.39 is 0 Å². The SMILES string of the molecule is Cn1c(-c2ccc(C(C)(C)C)cc2)nc2ccncc21. The molecule has 3 heteroatoms. The predicted molar refractivity (Wildman–Crippen MR) is 82.6 cm³/mol. The molecule has 0 bridgehead atoms. The van der Waals surface area contributed by atoms with Crippen LogP contribution < -0.4 is 0 Å². The van der Waals surface area contributed by atoms with Crippen molar-refractivity contribution in [2.45, 2.75) is 26.2 Å². The zero-order valence-corrected chi connectivity index (χ0v) is 12.4. The number of rotatable bonds is 1. The standard InChI is InChI=1S/C17H19N3/c1-17(2,3)13-7-5-12(6-8-13)16-19-14-9-10-18-11-15(14)20(16)4/h5-11H,1-4H3. The number of hydrogen-bond acceptors (Lipinski definition) is 2. The summed E-state index contributed by atoms with van der Waals surface area (Å²) in [5, 5.41) is 0. The molecule has 0 aliphatic heterocycles. The van der Waals surface area contributed by atoms with Crippen LogP contribution in [0.3, 0.4) is 0 Å². The molecule has 0 atom stereocenters. The minimum atomic E-state index is 0.175. The van der Waals surface area contributed by atoms with Crippen molar-refractivity contribution in [3.63, 3.8) is 0 Å². The van der Waals surface area contributed by atoms with Crippen LogP contribution in [0.25, 0.3) is 22.4 Å². The lowest BCUT2D eigenvalue weighted by Crippen LogP contribution is -2.10. The molecule has 0 unspecified atom stereocenters. The molecule has 0 fully saturated rings. The van der Waals surface area contributed by atoms with Crippen LogP contribution in [0.5, 0.6) is 0 Å². The van der Waals surface area contributed by atoms with E-state index >= 15 is 0 Å². The van der Waals surface area contributed by atoms with Crippen LogP contribution in [-0.4, -0.2) is 14.5 Å². The fourth-order valence-electron chi connectivity index (χ4n) is 2.41. The van der Waals surface area contributed by atoms with E-state index in [1.807, 2.05) is 19.3 Å². The van der Waals surface area contributed by atoms with Gasteiger partial charge in [0, 0.05) is 18.8 Å². The third-order valence-electron chi connectivity index (χ3n) is 3.69. The molecule has 0 N–H and O–H groups in total. The normalized spacial score (nSPS) is 12.0. The van der Waals surface area contributed by atoms with Gasteiger partial charge in [0.15, 0.2) is 0 Å². The van der Waals surface area contributed by atoms with Crippen molar-refractivity contribution < 1.29 is 0 Å². The molecule has 0 spiro atoms. The number of nitrogens with zero attached hydrogens (tertiary/aromatic N) is 3. The Hall–Kier alpha value is -2.16. The summed E-state index contributed by atoms with van der Waals surface area (Å²) in [5.74, 6) is 0.980. The number of benzene rings is 1. The highest BCUT2D eigenvalue weighted by Gasteiger charge is 2.14. The highest BCUT2D eigenvalue weighted by atomic mass is 15.1. The lowest BCUT2D eigenvalue weighted by molar-refractivity contribution is 0.590. The molecule has 102 valence electrons. The van der Waals surface area contributed by atoms with Crippen LogP contribution in [0.4, 0.5) is 0 Å². The molecular weight excluding hydrogens is 246 g/mol. The average Bonchev–Trinajstić information content (AvgIpc) is 2.76. The van der Waals surface area contributed by atoms with E-state index in [0.29, 0.717) is 0 Å². The summed E-state index contributed by atoms with van der Waals surface area (Å²) in [6, 6.07) is 10.6. The van der Waals surface area contributed by atoms with Crippen LogP contribution in [0, 0.1) is 0 Å². The van der Waals surface area contributed by atoms with Crippen molar-refractivity contribution >= 4 is 11.0 Å². The number of aromatic nitrogens is 3. The van der Waals surface area contributed by atoms with Crippen LogP contribution in [-0.2, 0) is 12.5 Å². The maximum atomic E-state index is 4.70. The topological polar surface area (TPSA) is 30.7 Å². The van der Waals surface area contributed by atoms with Gasteiger partial charge < -0.3 is 4.57 Å². The number of fused-ring (bicyclic) bond motifs is 1. The Balaban J connectivity index is 2.09. The van der Waals surface area contributed by atoms with E-state index in [1.165, 1.54) is 5.56 Å². The first kappa shape index (κ1) is 12.9. The molecule has 3 nitrogen and oxygen atoms in total. The van der Waals surface area contributed by atoms with Crippen molar-refractivity contribution in [3.05, 3.63) is 48.3 Å². The average molecular weight is 265 g/mol. The molecule has 0 aliphatic carbocycles. The van der Waals surface area contributed by atoms with Crippen LogP contribution in [0.15, 0.2) is 42.7 Å². The Kier molecular flexibility index (Phi) is 2.85. The van der Waals surface area contributed by atoms with Crippen molar-refractivity contribution in [1.82, 2.24) is 14.5 Å². The van der Waals surface area contributed by atoms with Gasteiger partial charge in [0.1, 0.15) is 5.82 Å². The lowest BCUT2D eigenvalue weighted by atomic mass is 9.87. The predicted octanol–water partition coefficient (Wildman–Crippen LogP) is 3.93. The van der Waals surface area contributed by atoms with Gasteiger partial charge in [0.25, 0.3) is 0 Å². The second-order valence-electron chi connectivity index (χ2n) is 6.19. The van der Waals surface area contributed by atoms with Gasteiger partial charge in [-0.1, -0.05) is 45.0 Å². The molecule has 3 rings (SSSR count). The second-order valence-corrected chi connectivity index (χ2v) is 6.19. The highest BCUT2D eigenvalue weighted by molar-refractivity contribution is 5.79. The zero-order chi connectivity index (χ0) is 14.3. The van der Waals surface area contributed by atoms with Gasteiger partial charge in [-0.3, -0.25) is 4.98 Å². The lowest BCUT2D eigenvalue weighted by Gasteiger charge is -2.19. The molecular formula is C17H19N3. The first-order chi connectivity index (χ1) is 9.47. The molecule has 2 aromatic heterocycles. The summed E-state index contributed by atoms with van der Waals surface area (Å²) in [4.78, 5) is 8.86. The Labute approximate surface area is 119 Å². The van der Waals surface area contributed by atoms with E-state index in [-0.39, 0.29) is 5.41 Å². The fourth-order valence-corrected chi connectivity index (χ4v) is 2.41. The Morgan fingerprint density at radius 1 is 1.00 bits per heavy atom. The van der Waals surface area contributed by atoms with Crippen LogP contribution in [0.1, 0.15) is 26.3 Å².